The summed E-state index contributed by atoms with van der Waals surface area (Å²) < 4.78 is 10.5. The van der Waals surface area contributed by atoms with E-state index in [9.17, 15) is 4.79 Å². The molecule has 1 aromatic heterocycles. The van der Waals surface area contributed by atoms with Crippen molar-refractivity contribution in [2.45, 2.75) is 25.9 Å². The third kappa shape index (κ3) is 3.23. The van der Waals surface area contributed by atoms with Crippen molar-refractivity contribution in [3.8, 4) is 0 Å². The molecule has 1 N–H and O–H groups in total. The van der Waals surface area contributed by atoms with Crippen LogP contribution in [0.25, 0.3) is 0 Å². The van der Waals surface area contributed by atoms with Gasteiger partial charge in [0.25, 0.3) is 0 Å². The van der Waals surface area contributed by atoms with Gasteiger partial charge in [-0.15, -0.1) is 0 Å². The fraction of sp³-hybridized carbons (Fsp3) is 0.583. The molecule has 2 rings (SSSR count). The summed E-state index contributed by atoms with van der Waals surface area (Å²) in [5, 5.41) is 2.96. The Bertz CT molecular complexity index is 345. The standard InChI is InChI=1S/C12H18N2O3/c1-2-14(8-11-4-3-6-17-11)12(15)13-10-5-7-16-9-10/h3-4,6,10H,2,5,7-9H2,1H3,(H,13,15). The first kappa shape index (κ1) is 12.0. The van der Waals surface area contributed by atoms with Crippen LogP contribution in [0.1, 0.15) is 19.1 Å². The lowest BCUT2D eigenvalue weighted by molar-refractivity contribution is 0.175. The molecule has 0 spiro atoms. The Morgan fingerprint density at radius 2 is 2.53 bits per heavy atom. The van der Waals surface area contributed by atoms with Crippen LogP contribution in [0.4, 0.5) is 4.79 Å². The minimum Gasteiger partial charge on any atom is -0.467 e. The number of amides is 2. The number of hydrogen-bond acceptors (Lipinski definition) is 3. The van der Waals surface area contributed by atoms with Gasteiger partial charge in [-0.2, -0.15) is 0 Å². The zero-order chi connectivity index (χ0) is 12.1. The number of ether oxygens (including phenoxy) is 1. The first-order chi connectivity index (χ1) is 8.29. The Balaban J connectivity index is 1.86. The van der Waals surface area contributed by atoms with Gasteiger partial charge in [0, 0.05) is 13.2 Å². The molecule has 17 heavy (non-hydrogen) atoms. The summed E-state index contributed by atoms with van der Waals surface area (Å²) in [6, 6.07) is 3.79. The number of urea groups is 1. The molecule has 94 valence electrons. The predicted octanol–water partition coefficient (Wildman–Crippen LogP) is 1.60. The number of nitrogens with zero attached hydrogens (tertiary/aromatic N) is 1. The van der Waals surface area contributed by atoms with Crippen molar-refractivity contribution in [2.24, 2.45) is 0 Å². The van der Waals surface area contributed by atoms with E-state index < -0.39 is 0 Å². The third-order valence-corrected chi connectivity index (χ3v) is 2.85. The molecule has 1 unspecified atom stereocenters. The SMILES string of the molecule is CCN(Cc1ccco1)C(=O)NC1CCOC1. The summed E-state index contributed by atoms with van der Waals surface area (Å²) in [6.45, 7) is 4.45. The Hall–Kier alpha value is -1.49. The summed E-state index contributed by atoms with van der Waals surface area (Å²) in [6.07, 6.45) is 2.51. The monoisotopic (exact) mass is 238 g/mol. The molecular formula is C12H18N2O3. The number of carbonyl (C=O) groups is 1. The van der Waals surface area contributed by atoms with Crippen LogP contribution in [0.15, 0.2) is 22.8 Å². The van der Waals surface area contributed by atoms with Crippen LogP contribution in [0.5, 0.6) is 0 Å². The molecule has 1 aromatic rings. The van der Waals surface area contributed by atoms with Gasteiger partial charge in [0.05, 0.1) is 25.5 Å². The molecule has 5 nitrogen and oxygen atoms in total. The zero-order valence-corrected chi connectivity index (χ0v) is 10.0. The molecule has 0 radical (unpaired) electrons. The van der Waals surface area contributed by atoms with E-state index in [2.05, 4.69) is 5.32 Å². The van der Waals surface area contributed by atoms with Crippen LogP contribution in [0, 0.1) is 0 Å². The molecule has 1 aliphatic heterocycles. The molecular weight excluding hydrogens is 220 g/mol. The molecule has 2 amide bonds. The Morgan fingerprint density at radius 3 is 3.12 bits per heavy atom. The van der Waals surface area contributed by atoms with E-state index in [-0.39, 0.29) is 12.1 Å². The summed E-state index contributed by atoms with van der Waals surface area (Å²) in [5.41, 5.74) is 0. The minimum absolute atomic E-state index is 0.0561. The predicted molar refractivity (Wildman–Crippen MR) is 62.5 cm³/mol. The van der Waals surface area contributed by atoms with Gasteiger partial charge in [-0.1, -0.05) is 0 Å². The molecule has 0 saturated carbocycles. The maximum atomic E-state index is 12.0. The first-order valence-corrected chi connectivity index (χ1v) is 5.95. The van der Waals surface area contributed by atoms with Gasteiger partial charge >= 0.3 is 6.03 Å². The number of nitrogens with one attached hydrogen (secondary N) is 1. The van der Waals surface area contributed by atoms with Crippen LogP contribution in [-0.4, -0.2) is 36.7 Å². The topological polar surface area (TPSA) is 54.7 Å². The van der Waals surface area contributed by atoms with E-state index in [1.54, 1.807) is 11.2 Å². The number of carbonyl (C=O) groups excluding carboxylic acids is 1. The second-order valence-corrected chi connectivity index (χ2v) is 4.10. The van der Waals surface area contributed by atoms with Gasteiger partial charge in [-0.3, -0.25) is 0 Å². The molecule has 0 bridgehead atoms. The van der Waals surface area contributed by atoms with Gasteiger partial charge < -0.3 is 19.4 Å². The van der Waals surface area contributed by atoms with Crippen LogP contribution >= 0.6 is 0 Å². The normalized spacial score (nSPS) is 19.2. The number of furan rings is 1. The van der Waals surface area contributed by atoms with Crippen molar-refractivity contribution in [1.29, 1.82) is 0 Å². The van der Waals surface area contributed by atoms with Crippen molar-refractivity contribution in [1.82, 2.24) is 10.2 Å². The van der Waals surface area contributed by atoms with Crippen molar-refractivity contribution < 1.29 is 13.9 Å². The molecule has 1 fully saturated rings. The highest BCUT2D eigenvalue weighted by Crippen LogP contribution is 2.08. The maximum Gasteiger partial charge on any atom is 0.318 e. The largest absolute Gasteiger partial charge is 0.467 e. The van der Waals surface area contributed by atoms with Crippen LogP contribution in [0.3, 0.4) is 0 Å². The van der Waals surface area contributed by atoms with E-state index in [4.69, 9.17) is 9.15 Å². The fourth-order valence-electron chi connectivity index (χ4n) is 1.83. The highest BCUT2D eigenvalue weighted by atomic mass is 16.5. The Morgan fingerprint density at radius 1 is 1.65 bits per heavy atom. The number of hydrogen-bond donors (Lipinski definition) is 1. The van der Waals surface area contributed by atoms with E-state index in [0.717, 1.165) is 18.8 Å². The second-order valence-electron chi connectivity index (χ2n) is 4.10. The molecule has 5 heteroatoms. The van der Waals surface area contributed by atoms with Gasteiger partial charge in [0.15, 0.2) is 0 Å². The molecule has 2 heterocycles. The van der Waals surface area contributed by atoms with Gasteiger partial charge in [-0.25, -0.2) is 4.79 Å². The van der Waals surface area contributed by atoms with Gasteiger partial charge in [0.2, 0.25) is 0 Å². The van der Waals surface area contributed by atoms with E-state index >= 15 is 0 Å². The summed E-state index contributed by atoms with van der Waals surface area (Å²) in [5.74, 6) is 0.796. The van der Waals surface area contributed by atoms with Crippen LogP contribution < -0.4 is 5.32 Å². The Labute approximate surface area is 101 Å². The van der Waals surface area contributed by atoms with Crippen molar-refractivity contribution in [2.75, 3.05) is 19.8 Å². The van der Waals surface area contributed by atoms with E-state index in [1.165, 1.54) is 0 Å². The summed E-state index contributed by atoms with van der Waals surface area (Å²) in [4.78, 5) is 13.7. The molecule has 1 aliphatic rings. The summed E-state index contributed by atoms with van der Waals surface area (Å²) in [7, 11) is 0. The van der Waals surface area contributed by atoms with Crippen LogP contribution in [0.2, 0.25) is 0 Å². The van der Waals surface area contributed by atoms with E-state index in [1.807, 2.05) is 19.1 Å². The van der Waals surface area contributed by atoms with Crippen molar-refractivity contribution in [3.63, 3.8) is 0 Å². The molecule has 0 aromatic carbocycles. The van der Waals surface area contributed by atoms with Gasteiger partial charge in [0.1, 0.15) is 5.76 Å². The lowest BCUT2D eigenvalue weighted by atomic mass is 10.3. The molecule has 1 atom stereocenters. The second kappa shape index (κ2) is 5.72. The quantitative estimate of drug-likeness (QED) is 0.866. The fourth-order valence-corrected chi connectivity index (χ4v) is 1.83. The average molecular weight is 238 g/mol. The van der Waals surface area contributed by atoms with Gasteiger partial charge in [-0.05, 0) is 25.5 Å². The average Bonchev–Trinajstić information content (AvgIpc) is 2.97. The third-order valence-electron chi connectivity index (χ3n) is 2.85. The Kier molecular flexibility index (Phi) is 4.03. The van der Waals surface area contributed by atoms with Crippen LogP contribution in [-0.2, 0) is 11.3 Å². The lowest BCUT2D eigenvalue weighted by Gasteiger charge is -2.22. The summed E-state index contributed by atoms with van der Waals surface area (Å²) >= 11 is 0. The maximum absolute atomic E-state index is 12.0. The highest BCUT2D eigenvalue weighted by Gasteiger charge is 2.21. The lowest BCUT2D eigenvalue weighted by Crippen LogP contribution is -2.44. The first-order valence-electron chi connectivity index (χ1n) is 5.95. The van der Waals surface area contributed by atoms with Crippen molar-refractivity contribution in [3.05, 3.63) is 24.2 Å². The number of rotatable bonds is 4. The molecule has 0 aliphatic carbocycles. The van der Waals surface area contributed by atoms with Crippen molar-refractivity contribution >= 4 is 6.03 Å². The van der Waals surface area contributed by atoms with E-state index in [0.29, 0.717) is 19.7 Å². The highest BCUT2D eigenvalue weighted by molar-refractivity contribution is 5.74. The minimum atomic E-state index is -0.0561. The zero-order valence-electron chi connectivity index (χ0n) is 10.0. The molecule has 1 saturated heterocycles. The smallest absolute Gasteiger partial charge is 0.318 e.